The minimum absolute atomic E-state index is 0.107. The number of ether oxygens (including phenoxy) is 1. The van der Waals surface area contributed by atoms with E-state index >= 15 is 0 Å². The van der Waals surface area contributed by atoms with E-state index in [2.05, 4.69) is 43.4 Å². The number of nitrogens with one attached hydrogen (secondary N) is 1. The molecule has 3 nitrogen and oxygen atoms in total. The summed E-state index contributed by atoms with van der Waals surface area (Å²) in [7, 11) is 0. The zero-order valence-corrected chi connectivity index (χ0v) is 17.2. The molecule has 3 rings (SSSR count). The van der Waals surface area contributed by atoms with Gasteiger partial charge in [0.25, 0.3) is 0 Å². The molecule has 1 saturated heterocycles. The van der Waals surface area contributed by atoms with Gasteiger partial charge in [0, 0.05) is 28.4 Å². The fourth-order valence-corrected chi connectivity index (χ4v) is 4.06. The Morgan fingerprint density at radius 1 is 1.23 bits per heavy atom. The lowest BCUT2D eigenvalue weighted by atomic mass is 9.81. The number of carbonyl (C=O) groups is 1. The summed E-state index contributed by atoms with van der Waals surface area (Å²) in [4.78, 5) is 12.8. The average molecular weight is 376 g/mol. The molecule has 26 heavy (non-hydrogen) atoms. The Balaban J connectivity index is 1.78. The molecule has 1 unspecified atom stereocenters. The molecule has 0 radical (unpaired) electrons. The normalized spacial score (nSPS) is 26.8. The van der Waals surface area contributed by atoms with Crippen LogP contribution in [0.25, 0.3) is 0 Å². The lowest BCUT2D eigenvalue weighted by Crippen LogP contribution is -2.44. The topological polar surface area (TPSA) is 38.3 Å². The number of rotatable bonds is 4. The van der Waals surface area contributed by atoms with Crippen LogP contribution in [0.3, 0.4) is 0 Å². The second-order valence-corrected chi connectivity index (χ2v) is 9.74. The fourth-order valence-electron chi connectivity index (χ4n) is 3.93. The van der Waals surface area contributed by atoms with Crippen molar-refractivity contribution >= 4 is 17.6 Å². The molecule has 0 amide bonds. The summed E-state index contributed by atoms with van der Waals surface area (Å²) in [5.41, 5.74) is 0.673. The lowest BCUT2D eigenvalue weighted by Gasteiger charge is -2.31. The highest BCUT2D eigenvalue weighted by atomic mass is 35.5. The largest absolute Gasteiger partial charge is 0.460 e. The van der Waals surface area contributed by atoms with Crippen molar-refractivity contribution in [1.29, 1.82) is 0 Å². The van der Waals surface area contributed by atoms with Crippen LogP contribution >= 0.6 is 11.6 Å². The van der Waals surface area contributed by atoms with E-state index in [-0.39, 0.29) is 28.8 Å². The monoisotopic (exact) mass is 375 g/mol. The molecule has 1 heterocycles. The van der Waals surface area contributed by atoms with Gasteiger partial charge in [-0.05, 0) is 65.2 Å². The van der Waals surface area contributed by atoms with Crippen LogP contribution in [0.1, 0.15) is 53.0 Å². The summed E-state index contributed by atoms with van der Waals surface area (Å²) in [6.07, 6.45) is 6.83. The van der Waals surface area contributed by atoms with Crippen molar-refractivity contribution in [2.24, 2.45) is 11.8 Å². The molecule has 2 atom stereocenters. The number of esters is 1. The molecule has 1 saturated carbocycles. The number of hydrogen-bond donors (Lipinski definition) is 1. The molecule has 0 bridgehead atoms. The van der Waals surface area contributed by atoms with Gasteiger partial charge in [0.15, 0.2) is 0 Å². The first-order valence-electron chi connectivity index (χ1n) is 9.46. The van der Waals surface area contributed by atoms with Gasteiger partial charge >= 0.3 is 5.97 Å². The molecular formula is C22H30ClNO2. The molecule has 142 valence electrons. The zero-order valence-electron chi connectivity index (χ0n) is 16.4. The maximum absolute atomic E-state index is 12.8. The predicted molar refractivity (Wildman–Crippen MR) is 106 cm³/mol. The summed E-state index contributed by atoms with van der Waals surface area (Å²) in [6, 6.07) is 8.13. The molecule has 4 heteroatoms. The second kappa shape index (κ2) is 6.69. The van der Waals surface area contributed by atoms with Crippen molar-refractivity contribution in [3.63, 3.8) is 0 Å². The maximum Gasteiger partial charge on any atom is 0.311 e. The van der Waals surface area contributed by atoms with Crippen LogP contribution in [0, 0.1) is 11.8 Å². The van der Waals surface area contributed by atoms with Crippen molar-refractivity contribution in [3.8, 4) is 0 Å². The van der Waals surface area contributed by atoms with Crippen molar-refractivity contribution in [2.75, 3.05) is 6.54 Å². The predicted octanol–water partition coefficient (Wildman–Crippen LogP) is 4.88. The summed E-state index contributed by atoms with van der Waals surface area (Å²) >= 11 is 6.02. The van der Waals surface area contributed by atoms with E-state index in [1.54, 1.807) is 0 Å². The Hall–Kier alpha value is -1.32. The first-order valence-corrected chi connectivity index (χ1v) is 9.84. The third-order valence-electron chi connectivity index (χ3n) is 5.53. The third kappa shape index (κ3) is 4.15. The maximum atomic E-state index is 12.8. The van der Waals surface area contributed by atoms with Crippen molar-refractivity contribution in [3.05, 3.63) is 47.0 Å². The molecule has 0 spiro atoms. The van der Waals surface area contributed by atoms with E-state index in [0.717, 1.165) is 24.4 Å². The van der Waals surface area contributed by atoms with E-state index in [9.17, 15) is 4.79 Å². The van der Waals surface area contributed by atoms with Crippen molar-refractivity contribution < 1.29 is 9.53 Å². The third-order valence-corrected chi connectivity index (χ3v) is 5.78. The quantitative estimate of drug-likeness (QED) is 0.601. The van der Waals surface area contributed by atoms with E-state index in [1.165, 1.54) is 5.56 Å². The Bertz CT molecular complexity index is 696. The second-order valence-electron chi connectivity index (χ2n) is 9.30. The van der Waals surface area contributed by atoms with Crippen LogP contribution in [0.5, 0.6) is 0 Å². The van der Waals surface area contributed by atoms with Gasteiger partial charge in [-0.1, -0.05) is 35.9 Å². The number of allylic oxidation sites excluding steroid dienone is 1. The van der Waals surface area contributed by atoms with Gasteiger partial charge in [0.1, 0.15) is 5.60 Å². The van der Waals surface area contributed by atoms with Crippen LogP contribution < -0.4 is 5.32 Å². The van der Waals surface area contributed by atoms with Gasteiger partial charge in [0.05, 0.1) is 5.92 Å². The summed E-state index contributed by atoms with van der Waals surface area (Å²) in [5, 5.41) is 4.26. The van der Waals surface area contributed by atoms with Crippen LogP contribution in [-0.4, -0.2) is 23.7 Å². The fraction of sp³-hybridized carbons (Fsp3) is 0.591. The number of hydrogen-bond acceptors (Lipinski definition) is 3. The molecule has 0 aromatic heterocycles. The van der Waals surface area contributed by atoms with Crippen LogP contribution in [0.15, 0.2) is 36.4 Å². The van der Waals surface area contributed by atoms with Crippen LogP contribution in [-0.2, 0) is 14.9 Å². The van der Waals surface area contributed by atoms with Gasteiger partial charge in [0.2, 0.25) is 0 Å². The SMILES string of the molecule is CC(C)(C)OC(=O)[C@H]1C(/C=C\C2(c3ccc(Cl)cc3)CC2)CNC1(C)C. The molecule has 1 aliphatic heterocycles. The van der Waals surface area contributed by atoms with E-state index in [1.807, 2.05) is 32.9 Å². The molecule has 2 aliphatic rings. The minimum Gasteiger partial charge on any atom is -0.460 e. The molecular weight excluding hydrogens is 346 g/mol. The van der Waals surface area contributed by atoms with E-state index < -0.39 is 5.60 Å². The van der Waals surface area contributed by atoms with Crippen molar-refractivity contribution in [1.82, 2.24) is 5.32 Å². The molecule has 1 aromatic rings. The zero-order chi connectivity index (χ0) is 19.2. The van der Waals surface area contributed by atoms with Crippen molar-refractivity contribution in [2.45, 2.75) is 64.0 Å². The Morgan fingerprint density at radius 2 is 1.85 bits per heavy atom. The summed E-state index contributed by atoms with van der Waals surface area (Å²) < 4.78 is 5.71. The first kappa shape index (κ1) is 19.4. The van der Waals surface area contributed by atoms with Gasteiger partial charge in [-0.25, -0.2) is 0 Å². The number of halogens is 1. The van der Waals surface area contributed by atoms with Crippen LogP contribution in [0.4, 0.5) is 0 Å². The number of carbonyl (C=O) groups excluding carboxylic acids is 1. The molecule has 1 N–H and O–H groups in total. The summed E-state index contributed by atoms with van der Waals surface area (Å²) in [6.45, 7) is 10.7. The highest BCUT2D eigenvalue weighted by Gasteiger charge is 2.48. The van der Waals surface area contributed by atoms with Gasteiger partial charge in [-0.2, -0.15) is 0 Å². The molecule has 2 fully saturated rings. The summed E-state index contributed by atoms with van der Waals surface area (Å²) in [5.74, 6) is -0.151. The Morgan fingerprint density at radius 3 is 2.38 bits per heavy atom. The average Bonchev–Trinajstić information content (AvgIpc) is 3.23. The molecule has 1 aromatic carbocycles. The number of benzene rings is 1. The van der Waals surface area contributed by atoms with Gasteiger partial charge in [-0.3, -0.25) is 4.79 Å². The smallest absolute Gasteiger partial charge is 0.311 e. The van der Waals surface area contributed by atoms with Gasteiger partial charge in [-0.15, -0.1) is 0 Å². The first-order chi connectivity index (χ1) is 12.0. The van der Waals surface area contributed by atoms with Gasteiger partial charge < -0.3 is 10.1 Å². The standard InChI is InChI=1S/C22H30ClNO2/c1-20(2,3)26-19(25)18-15(14-24-21(18,4)5)10-11-22(12-13-22)16-6-8-17(23)9-7-16/h6-11,15,18,24H,12-14H2,1-5H3/b11-10-/t15?,18-/m1/s1. The molecule has 1 aliphatic carbocycles. The minimum atomic E-state index is -0.467. The highest BCUT2D eigenvalue weighted by Crippen LogP contribution is 2.50. The van der Waals surface area contributed by atoms with E-state index in [4.69, 9.17) is 16.3 Å². The Kier molecular flexibility index (Phi) is 5.00. The lowest BCUT2D eigenvalue weighted by molar-refractivity contribution is -0.162. The van der Waals surface area contributed by atoms with E-state index in [0.29, 0.717) is 0 Å². The highest BCUT2D eigenvalue weighted by molar-refractivity contribution is 6.30. The Labute approximate surface area is 162 Å². The van der Waals surface area contributed by atoms with Crippen LogP contribution in [0.2, 0.25) is 5.02 Å².